The first kappa shape index (κ1) is 18.2. The smallest absolute Gasteiger partial charge is 0.410 e. The van der Waals surface area contributed by atoms with Gasteiger partial charge in [0, 0.05) is 25.9 Å². The maximum atomic E-state index is 11.9. The first-order valence-electron chi connectivity index (χ1n) is 6.53. The van der Waals surface area contributed by atoms with Crippen LogP contribution in [0.15, 0.2) is 0 Å². The number of aliphatic carboxylic acids is 2. The zero-order valence-corrected chi connectivity index (χ0v) is 12.2. The van der Waals surface area contributed by atoms with Crippen LogP contribution in [0.2, 0.25) is 0 Å². The van der Waals surface area contributed by atoms with Crippen molar-refractivity contribution in [3.63, 3.8) is 0 Å². The Balaban J connectivity index is 4.40. The molecule has 0 saturated carbocycles. The SMILES string of the molecule is CC(C)(C)OC(=O)N(CCCC(=O)O)CCCC(=O)O. The standard InChI is InChI=1S/C13H23NO6/c1-13(2,3)20-12(19)14(8-4-6-10(15)16)9-5-7-11(17)18/h4-9H2,1-3H3,(H,15,16)(H,17,18). The summed E-state index contributed by atoms with van der Waals surface area (Å²) in [5, 5.41) is 17.2. The van der Waals surface area contributed by atoms with Crippen LogP contribution >= 0.6 is 0 Å². The van der Waals surface area contributed by atoms with Crippen LogP contribution in [-0.2, 0) is 14.3 Å². The first-order valence-corrected chi connectivity index (χ1v) is 6.53. The molecule has 7 nitrogen and oxygen atoms in total. The van der Waals surface area contributed by atoms with E-state index in [1.165, 1.54) is 4.90 Å². The minimum absolute atomic E-state index is 0.0434. The van der Waals surface area contributed by atoms with E-state index in [-0.39, 0.29) is 25.9 Å². The van der Waals surface area contributed by atoms with Gasteiger partial charge in [-0.2, -0.15) is 0 Å². The monoisotopic (exact) mass is 289 g/mol. The van der Waals surface area contributed by atoms with Gasteiger partial charge in [0.15, 0.2) is 0 Å². The third-order valence-corrected chi connectivity index (χ3v) is 2.29. The third kappa shape index (κ3) is 10.2. The van der Waals surface area contributed by atoms with Gasteiger partial charge in [0.25, 0.3) is 0 Å². The van der Waals surface area contributed by atoms with E-state index >= 15 is 0 Å². The molecule has 0 radical (unpaired) electrons. The molecular formula is C13H23NO6. The van der Waals surface area contributed by atoms with E-state index in [1.54, 1.807) is 20.8 Å². The third-order valence-electron chi connectivity index (χ3n) is 2.29. The summed E-state index contributed by atoms with van der Waals surface area (Å²) in [7, 11) is 0. The van der Waals surface area contributed by atoms with Crippen molar-refractivity contribution in [2.45, 2.75) is 52.1 Å². The average molecular weight is 289 g/mol. The highest BCUT2D eigenvalue weighted by Crippen LogP contribution is 2.11. The Hall–Kier alpha value is -1.79. The maximum absolute atomic E-state index is 11.9. The molecule has 20 heavy (non-hydrogen) atoms. The molecule has 0 atom stereocenters. The summed E-state index contributed by atoms with van der Waals surface area (Å²) in [5.74, 6) is -1.86. The van der Waals surface area contributed by atoms with Crippen molar-refractivity contribution in [1.82, 2.24) is 4.90 Å². The van der Waals surface area contributed by atoms with Gasteiger partial charge in [-0.15, -0.1) is 0 Å². The van der Waals surface area contributed by atoms with Crippen molar-refractivity contribution in [3.05, 3.63) is 0 Å². The summed E-state index contributed by atoms with van der Waals surface area (Å²) < 4.78 is 5.21. The summed E-state index contributed by atoms with van der Waals surface area (Å²) in [6.07, 6.45) is -0.0204. The van der Waals surface area contributed by atoms with Crippen LogP contribution in [0.3, 0.4) is 0 Å². The fourth-order valence-corrected chi connectivity index (χ4v) is 1.46. The van der Waals surface area contributed by atoms with Gasteiger partial charge in [0.05, 0.1) is 0 Å². The molecule has 2 N–H and O–H groups in total. The lowest BCUT2D eigenvalue weighted by Crippen LogP contribution is -2.38. The van der Waals surface area contributed by atoms with Crippen LogP contribution in [0.5, 0.6) is 0 Å². The van der Waals surface area contributed by atoms with Crippen LogP contribution in [0.1, 0.15) is 46.5 Å². The number of ether oxygens (including phenoxy) is 1. The normalized spacial score (nSPS) is 10.9. The van der Waals surface area contributed by atoms with E-state index in [2.05, 4.69) is 0 Å². The van der Waals surface area contributed by atoms with Gasteiger partial charge in [-0.05, 0) is 33.6 Å². The molecule has 7 heteroatoms. The van der Waals surface area contributed by atoms with Crippen LogP contribution in [-0.4, -0.2) is 51.8 Å². The van der Waals surface area contributed by atoms with E-state index in [0.29, 0.717) is 12.8 Å². The Morgan fingerprint density at radius 2 is 1.35 bits per heavy atom. The number of hydrogen-bond donors (Lipinski definition) is 2. The van der Waals surface area contributed by atoms with Crippen molar-refractivity contribution in [2.75, 3.05) is 13.1 Å². The minimum atomic E-state index is -0.931. The van der Waals surface area contributed by atoms with E-state index in [9.17, 15) is 14.4 Å². The maximum Gasteiger partial charge on any atom is 0.410 e. The summed E-state index contributed by atoms with van der Waals surface area (Å²) in [6, 6.07) is 0. The molecule has 0 bridgehead atoms. The number of hydrogen-bond acceptors (Lipinski definition) is 4. The first-order chi connectivity index (χ1) is 9.11. The molecule has 0 spiro atoms. The topological polar surface area (TPSA) is 104 Å². The van der Waals surface area contributed by atoms with E-state index in [1.807, 2.05) is 0 Å². The number of carboxylic acids is 2. The lowest BCUT2D eigenvalue weighted by Gasteiger charge is -2.27. The van der Waals surface area contributed by atoms with Crippen molar-refractivity contribution in [3.8, 4) is 0 Å². The highest BCUT2D eigenvalue weighted by atomic mass is 16.6. The molecule has 0 rings (SSSR count). The quantitative estimate of drug-likeness (QED) is 0.707. The van der Waals surface area contributed by atoms with Crippen LogP contribution in [0.25, 0.3) is 0 Å². The van der Waals surface area contributed by atoms with Gasteiger partial charge in [0.1, 0.15) is 5.60 Å². The average Bonchev–Trinajstić information content (AvgIpc) is 2.23. The number of carbonyl (C=O) groups excluding carboxylic acids is 1. The van der Waals surface area contributed by atoms with Gasteiger partial charge in [0.2, 0.25) is 0 Å². The van der Waals surface area contributed by atoms with E-state index in [4.69, 9.17) is 14.9 Å². The largest absolute Gasteiger partial charge is 0.481 e. The summed E-state index contributed by atoms with van der Waals surface area (Å²) in [6.45, 7) is 5.67. The van der Waals surface area contributed by atoms with Gasteiger partial charge in [-0.1, -0.05) is 0 Å². The van der Waals surface area contributed by atoms with Gasteiger partial charge < -0.3 is 19.8 Å². The molecule has 0 aliphatic carbocycles. The minimum Gasteiger partial charge on any atom is -0.481 e. The molecular weight excluding hydrogens is 266 g/mol. The Bertz CT molecular complexity index is 327. The molecule has 0 aliphatic heterocycles. The Kier molecular flexibility index (Phi) is 7.64. The number of carbonyl (C=O) groups is 3. The zero-order valence-electron chi connectivity index (χ0n) is 12.2. The number of rotatable bonds is 8. The summed E-state index contributed by atoms with van der Waals surface area (Å²) >= 11 is 0. The van der Waals surface area contributed by atoms with Crippen molar-refractivity contribution < 1.29 is 29.3 Å². The Labute approximate surface area is 118 Å². The molecule has 0 aromatic rings. The van der Waals surface area contributed by atoms with Crippen molar-refractivity contribution in [2.24, 2.45) is 0 Å². The predicted octanol–water partition coefficient (Wildman–Crippen LogP) is 1.95. The number of nitrogens with zero attached hydrogens (tertiary/aromatic N) is 1. The van der Waals surface area contributed by atoms with Crippen LogP contribution in [0, 0.1) is 0 Å². The van der Waals surface area contributed by atoms with Gasteiger partial charge in [-0.25, -0.2) is 4.79 Å². The number of amides is 1. The predicted molar refractivity (Wildman–Crippen MR) is 71.5 cm³/mol. The Morgan fingerprint density at radius 3 is 1.65 bits per heavy atom. The highest BCUT2D eigenvalue weighted by Gasteiger charge is 2.22. The van der Waals surface area contributed by atoms with E-state index in [0.717, 1.165) is 0 Å². The van der Waals surface area contributed by atoms with Crippen molar-refractivity contribution >= 4 is 18.0 Å². The molecule has 0 unspecified atom stereocenters. The summed E-state index contributed by atoms with van der Waals surface area (Å²) in [4.78, 5) is 34.2. The molecule has 0 fully saturated rings. The van der Waals surface area contributed by atoms with Crippen LogP contribution < -0.4 is 0 Å². The van der Waals surface area contributed by atoms with Crippen LogP contribution in [0.4, 0.5) is 4.79 Å². The lowest BCUT2D eigenvalue weighted by molar-refractivity contribution is -0.138. The zero-order chi connectivity index (χ0) is 15.8. The molecule has 0 aliphatic rings. The molecule has 0 heterocycles. The molecule has 116 valence electrons. The molecule has 0 aromatic carbocycles. The lowest BCUT2D eigenvalue weighted by atomic mass is 10.2. The second kappa shape index (κ2) is 8.39. The molecule has 0 saturated heterocycles. The van der Waals surface area contributed by atoms with E-state index < -0.39 is 23.6 Å². The highest BCUT2D eigenvalue weighted by molar-refractivity contribution is 5.69. The molecule has 1 amide bonds. The molecule has 0 aromatic heterocycles. The Morgan fingerprint density at radius 1 is 0.950 bits per heavy atom. The second-order valence-electron chi connectivity index (χ2n) is 5.46. The van der Waals surface area contributed by atoms with Gasteiger partial charge >= 0.3 is 18.0 Å². The second-order valence-corrected chi connectivity index (χ2v) is 5.46. The summed E-state index contributed by atoms with van der Waals surface area (Å²) in [5.41, 5.74) is -0.644. The fourth-order valence-electron chi connectivity index (χ4n) is 1.46. The number of carboxylic acid groups (broad SMARTS) is 2. The fraction of sp³-hybridized carbons (Fsp3) is 0.769. The van der Waals surface area contributed by atoms with Gasteiger partial charge in [-0.3, -0.25) is 9.59 Å². The van der Waals surface area contributed by atoms with Crippen molar-refractivity contribution in [1.29, 1.82) is 0 Å².